The van der Waals surface area contributed by atoms with Crippen LogP contribution in [0.1, 0.15) is 49.7 Å². The maximum atomic E-state index is 13.6. The summed E-state index contributed by atoms with van der Waals surface area (Å²) in [6, 6.07) is 11.6. The fourth-order valence-corrected chi connectivity index (χ4v) is 5.36. The SMILES string of the molecule is Cc1cc(C)c([C@@H]2c3c(n(C)c(=O)n(C)c3=O)N=C3c4ccccc4C(=O)[C@@H]32)c(C)c1. The third kappa shape index (κ3) is 2.51. The van der Waals surface area contributed by atoms with Crippen molar-refractivity contribution in [2.24, 2.45) is 25.0 Å². The Morgan fingerprint density at radius 3 is 2.06 bits per heavy atom. The fourth-order valence-electron chi connectivity index (χ4n) is 5.36. The zero-order valence-corrected chi connectivity index (χ0v) is 18.2. The van der Waals surface area contributed by atoms with Gasteiger partial charge in [-0.2, -0.15) is 0 Å². The third-order valence-electron chi connectivity index (χ3n) is 6.63. The number of hydrogen-bond acceptors (Lipinski definition) is 4. The number of carbonyl (C=O) groups is 1. The van der Waals surface area contributed by atoms with Crippen molar-refractivity contribution < 1.29 is 4.79 Å². The van der Waals surface area contributed by atoms with Gasteiger partial charge in [-0.25, -0.2) is 9.79 Å². The zero-order valence-electron chi connectivity index (χ0n) is 18.2. The van der Waals surface area contributed by atoms with Gasteiger partial charge in [-0.1, -0.05) is 42.0 Å². The molecule has 0 radical (unpaired) electrons. The van der Waals surface area contributed by atoms with E-state index in [1.165, 1.54) is 11.6 Å². The van der Waals surface area contributed by atoms with Crippen LogP contribution in [0.25, 0.3) is 0 Å². The van der Waals surface area contributed by atoms with Crippen LogP contribution in [0.5, 0.6) is 0 Å². The Labute approximate surface area is 179 Å². The molecule has 0 unspecified atom stereocenters. The number of rotatable bonds is 1. The van der Waals surface area contributed by atoms with E-state index in [1.54, 1.807) is 7.05 Å². The summed E-state index contributed by atoms with van der Waals surface area (Å²) in [6.07, 6.45) is 0. The fraction of sp³-hybridized carbons (Fsp3) is 0.280. The summed E-state index contributed by atoms with van der Waals surface area (Å²) >= 11 is 0. The standard InChI is InChI=1S/C25H23N3O3/c1-12-10-13(2)17(14(3)11-12)18-19-21(15-8-6-7-9-16(15)22(19)29)26-23-20(18)24(30)28(5)25(31)27(23)4/h6-11,18-19H,1-5H3/t18-,19+/m0/s1. The number of aliphatic imine (C=N–C) groups is 1. The second-order valence-corrected chi connectivity index (χ2v) is 8.62. The predicted molar refractivity (Wildman–Crippen MR) is 120 cm³/mol. The minimum Gasteiger partial charge on any atom is -0.293 e. The average molecular weight is 413 g/mol. The molecule has 2 aliphatic rings. The molecule has 0 saturated carbocycles. The van der Waals surface area contributed by atoms with Gasteiger partial charge in [0.2, 0.25) is 0 Å². The van der Waals surface area contributed by atoms with Gasteiger partial charge in [-0.05, 0) is 37.5 Å². The largest absolute Gasteiger partial charge is 0.332 e. The molecule has 6 nitrogen and oxygen atoms in total. The first-order valence-corrected chi connectivity index (χ1v) is 10.3. The first-order chi connectivity index (χ1) is 14.7. The molecule has 5 rings (SSSR count). The van der Waals surface area contributed by atoms with E-state index in [0.29, 0.717) is 22.7 Å². The van der Waals surface area contributed by atoms with Crippen molar-refractivity contribution in [1.29, 1.82) is 0 Å². The Kier molecular flexibility index (Phi) is 4.06. The van der Waals surface area contributed by atoms with Gasteiger partial charge < -0.3 is 0 Å². The van der Waals surface area contributed by atoms with Gasteiger partial charge in [0.25, 0.3) is 5.56 Å². The molecular weight excluding hydrogens is 390 g/mol. The molecule has 0 fully saturated rings. The maximum Gasteiger partial charge on any atom is 0.332 e. The molecule has 1 aliphatic heterocycles. The van der Waals surface area contributed by atoms with Gasteiger partial charge in [-0.3, -0.25) is 18.7 Å². The summed E-state index contributed by atoms with van der Waals surface area (Å²) in [5, 5.41) is 0. The second kappa shape index (κ2) is 6.48. The Morgan fingerprint density at radius 1 is 0.806 bits per heavy atom. The summed E-state index contributed by atoms with van der Waals surface area (Å²) in [5.41, 5.74) is 5.75. The van der Waals surface area contributed by atoms with E-state index in [-0.39, 0.29) is 5.78 Å². The van der Waals surface area contributed by atoms with E-state index >= 15 is 0 Å². The highest BCUT2D eigenvalue weighted by Gasteiger charge is 2.48. The number of carbonyl (C=O) groups excluding carboxylic acids is 1. The van der Waals surface area contributed by atoms with E-state index in [4.69, 9.17) is 4.99 Å². The Hall–Kier alpha value is -3.54. The molecule has 2 heterocycles. The lowest BCUT2D eigenvalue weighted by atomic mass is 9.73. The van der Waals surface area contributed by atoms with Crippen LogP contribution in [0, 0.1) is 26.7 Å². The lowest BCUT2D eigenvalue weighted by Crippen LogP contribution is -2.43. The van der Waals surface area contributed by atoms with Gasteiger partial charge in [0.1, 0.15) is 5.82 Å². The van der Waals surface area contributed by atoms with Crippen LogP contribution in [-0.2, 0) is 14.1 Å². The van der Waals surface area contributed by atoms with Crippen LogP contribution in [0.2, 0.25) is 0 Å². The first kappa shape index (κ1) is 19.4. The normalized spacial score (nSPS) is 19.0. The van der Waals surface area contributed by atoms with Crippen LogP contribution >= 0.6 is 0 Å². The molecule has 0 amide bonds. The zero-order chi connectivity index (χ0) is 22.2. The van der Waals surface area contributed by atoms with Gasteiger partial charge in [0.15, 0.2) is 5.78 Å². The van der Waals surface area contributed by atoms with Crippen molar-refractivity contribution in [2.75, 3.05) is 0 Å². The van der Waals surface area contributed by atoms with Crippen LogP contribution in [0.4, 0.5) is 5.82 Å². The van der Waals surface area contributed by atoms with E-state index in [2.05, 4.69) is 12.1 Å². The number of ketones is 1. The minimum atomic E-state index is -0.588. The third-order valence-corrected chi connectivity index (χ3v) is 6.63. The highest BCUT2D eigenvalue weighted by molar-refractivity contribution is 6.30. The van der Waals surface area contributed by atoms with Crippen molar-refractivity contribution in [3.05, 3.63) is 96.2 Å². The smallest absolute Gasteiger partial charge is 0.293 e. The van der Waals surface area contributed by atoms with Crippen molar-refractivity contribution in [1.82, 2.24) is 9.13 Å². The molecule has 2 aromatic carbocycles. The highest BCUT2D eigenvalue weighted by Crippen LogP contribution is 2.48. The number of Topliss-reactive ketones (excluding diaryl/α,β-unsaturated/α-hetero) is 1. The van der Waals surface area contributed by atoms with Gasteiger partial charge in [-0.15, -0.1) is 0 Å². The molecule has 0 N–H and O–H groups in total. The monoisotopic (exact) mass is 413 g/mol. The maximum absolute atomic E-state index is 13.6. The lowest BCUT2D eigenvalue weighted by Gasteiger charge is -2.32. The van der Waals surface area contributed by atoms with Gasteiger partial charge in [0.05, 0.1) is 17.2 Å². The molecule has 156 valence electrons. The van der Waals surface area contributed by atoms with Crippen molar-refractivity contribution in [2.45, 2.75) is 26.7 Å². The van der Waals surface area contributed by atoms with Crippen molar-refractivity contribution in [3.63, 3.8) is 0 Å². The summed E-state index contributed by atoms with van der Waals surface area (Å²) in [4.78, 5) is 44.4. The second-order valence-electron chi connectivity index (χ2n) is 8.62. The molecule has 2 atom stereocenters. The van der Waals surface area contributed by atoms with Crippen LogP contribution in [0.3, 0.4) is 0 Å². The Morgan fingerprint density at radius 2 is 1.42 bits per heavy atom. The quantitative estimate of drug-likeness (QED) is 0.615. The molecular formula is C25H23N3O3. The molecule has 3 aromatic rings. The molecule has 0 saturated heterocycles. The van der Waals surface area contributed by atoms with Crippen LogP contribution in [-0.4, -0.2) is 20.6 Å². The van der Waals surface area contributed by atoms with Crippen LogP contribution < -0.4 is 11.2 Å². The van der Waals surface area contributed by atoms with Gasteiger partial charge in [0, 0.05) is 31.1 Å². The number of fused-ring (bicyclic) bond motifs is 4. The summed E-state index contributed by atoms with van der Waals surface area (Å²) < 4.78 is 2.52. The molecule has 31 heavy (non-hydrogen) atoms. The van der Waals surface area contributed by atoms with E-state index < -0.39 is 23.1 Å². The summed E-state index contributed by atoms with van der Waals surface area (Å²) in [6.45, 7) is 6.06. The van der Waals surface area contributed by atoms with E-state index in [9.17, 15) is 14.4 Å². The van der Waals surface area contributed by atoms with Gasteiger partial charge >= 0.3 is 5.69 Å². The number of nitrogens with zero attached hydrogens (tertiary/aromatic N) is 3. The summed E-state index contributed by atoms with van der Waals surface area (Å²) in [7, 11) is 3.10. The Bertz CT molecular complexity index is 1430. The van der Waals surface area contributed by atoms with E-state index in [0.717, 1.165) is 32.4 Å². The van der Waals surface area contributed by atoms with Crippen LogP contribution in [0.15, 0.2) is 51.0 Å². The molecule has 1 aliphatic carbocycles. The summed E-state index contributed by atoms with van der Waals surface area (Å²) in [5.74, 6) is -0.780. The number of hydrogen-bond donors (Lipinski definition) is 0. The van der Waals surface area contributed by atoms with Crippen molar-refractivity contribution in [3.8, 4) is 0 Å². The molecule has 1 aromatic heterocycles. The number of benzene rings is 2. The molecule has 0 bridgehead atoms. The van der Waals surface area contributed by atoms with E-state index in [1.807, 2.05) is 45.0 Å². The number of aromatic nitrogens is 2. The predicted octanol–water partition coefficient (Wildman–Crippen LogP) is 3.09. The minimum absolute atomic E-state index is 0.0275. The lowest BCUT2D eigenvalue weighted by molar-refractivity contribution is 0.0953. The Balaban J connectivity index is 1.95. The molecule has 0 spiro atoms. The van der Waals surface area contributed by atoms with Crippen molar-refractivity contribution >= 4 is 17.3 Å². The topological polar surface area (TPSA) is 73.4 Å². The highest BCUT2D eigenvalue weighted by atomic mass is 16.2. The molecule has 6 heteroatoms. The average Bonchev–Trinajstić information content (AvgIpc) is 3.02. The number of aryl methyl sites for hydroxylation is 3. The first-order valence-electron chi connectivity index (χ1n) is 10.3.